The van der Waals surface area contributed by atoms with Crippen LogP contribution in [0.25, 0.3) is 16.7 Å². The van der Waals surface area contributed by atoms with Gasteiger partial charge in [0.05, 0.1) is 42.2 Å². The molecule has 3 aromatic rings. The Hall–Kier alpha value is -3.76. The molecule has 3 aliphatic rings. The van der Waals surface area contributed by atoms with Crippen molar-refractivity contribution in [3.8, 4) is 11.6 Å². The maximum Gasteiger partial charge on any atom is 0.295 e. The number of nitrogens with zero attached hydrogens (tertiary/aromatic N) is 6. The summed E-state index contributed by atoms with van der Waals surface area (Å²) in [5.74, 6) is 1.13. The van der Waals surface area contributed by atoms with Gasteiger partial charge >= 0.3 is 0 Å². The fraction of sp³-hybridized carbons (Fsp3) is 0.556. The minimum atomic E-state index is -0.628. The number of ether oxygens (including phenoxy) is 1. The summed E-state index contributed by atoms with van der Waals surface area (Å²) < 4.78 is 6.94. The van der Waals surface area contributed by atoms with Crippen LogP contribution in [0.3, 0.4) is 0 Å². The van der Waals surface area contributed by atoms with Crippen molar-refractivity contribution in [3.05, 3.63) is 30.4 Å². The summed E-state index contributed by atoms with van der Waals surface area (Å²) in [5.41, 5.74) is 0.421. The van der Waals surface area contributed by atoms with Crippen molar-refractivity contribution < 1.29 is 19.1 Å². The lowest BCUT2D eigenvalue weighted by molar-refractivity contribution is -0.149. The molecule has 2 aliphatic carbocycles. The van der Waals surface area contributed by atoms with Gasteiger partial charge in [-0.15, -0.1) is 5.10 Å². The molecule has 0 spiro atoms. The van der Waals surface area contributed by atoms with E-state index in [1.807, 2.05) is 4.90 Å². The van der Waals surface area contributed by atoms with Gasteiger partial charge in [0.1, 0.15) is 5.75 Å². The molecule has 38 heavy (non-hydrogen) atoms. The predicted molar refractivity (Wildman–Crippen MR) is 138 cm³/mol. The van der Waals surface area contributed by atoms with Crippen molar-refractivity contribution in [1.82, 2.24) is 34.8 Å². The molecule has 11 nitrogen and oxygen atoms in total. The summed E-state index contributed by atoms with van der Waals surface area (Å²) in [6, 6.07) is 0. The fourth-order valence-electron chi connectivity index (χ4n) is 6.99. The van der Waals surface area contributed by atoms with Crippen molar-refractivity contribution in [2.24, 2.45) is 17.3 Å². The highest BCUT2D eigenvalue weighted by Gasteiger charge is 2.46. The molecule has 2 saturated carbocycles. The number of fused-ring (bicyclic) bond motifs is 3. The zero-order valence-electron chi connectivity index (χ0n) is 21.9. The van der Waals surface area contributed by atoms with Gasteiger partial charge < -0.3 is 19.5 Å². The first kappa shape index (κ1) is 24.6. The quantitative estimate of drug-likeness (QED) is 0.406. The Balaban J connectivity index is 1.16. The molecule has 3 aromatic heterocycles. The summed E-state index contributed by atoms with van der Waals surface area (Å²) in [7, 11) is 1.49. The van der Waals surface area contributed by atoms with Crippen molar-refractivity contribution in [3.63, 3.8) is 0 Å². The Morgan fingerprint density at radius 3 is 2.45 bits per heavy atom. The number of rotatable bonds is 5. The predicted octanol–water partition coefficient (Wildman–Crippen LogP) is 2.61. The molecule has 1 aliphatic heterocycles. The molecule has 2 bridgehead atoms. The summed E-state index contributed by atoms with van der Waals surface area (Å²) in [5, 5.41) is 8.27. The van der Waals surface area contributed by atoms with Gasteiger partial charge in [-0.1, -0.05) is 31.4 Å². The van der Waals surface area contributed by atoms with E-state index in [2.05, 4.69) is 27.2 Å². The number of amides is 2. The van der Waals surface area contributed by atoms with Crippen molar-refractivity contribution in [2.45, 2.75) is 45.4 Å². The third-order valence-corrected chi connectivity index (χ3v) is 8.69. The lowest BCUT2D eigenvalue weighted by atomic mass is 9.61. The molecule has 200 valence electrons. The Morgan fingerprint density at radius 2 is 1.79 bits per heavy atom. The largest absolute Gasteiger partial charge is 0.494 e. The second-order valence-corrected chi connectivity index (χ2v) is 11.2. The van der Waals surface area contributed by atoms with Gasteiger partial charge in [-0.05, 0) is 31.1 Å². The first-order chi connectivity index (χ1) is 18.4. The first-order valence-corrected chi connectivity index (χ1v) is 13.4. The van der Waals surface area contributed by atoms with Crippen LogP contribution in [0, 0.1) is 17.3 Å². The average Bonchev–Trinajstić information content (AvgIpc) is 3.62. The first-order valence-electron chi connectivity index (χ1n) is 13.4. The van der Waals surface area contributed by atoms with Crippen LogP contribution in [-0.4, -0.2) is 85.6 Å². The van der Waals surface area contributed by atoms with Gasteiger partial charge in [-0.25, -0.2) is 9.67 Å². The fourth-order valence-corrected chi connectivity index (χ4v) is 6.99. The number of ketones is 1. The molecule has 11 heteroatoms. The number of hydrogen-bond acceptors (Lipinski definition) is 7. The van der Waals surface area contributed by atoms with Gasteiger partial charge in [0.2, 0.25) is 5.91 Å². The standard InChI is InChI=1S/C27H33N7O4/c1-27(13-17-4-3-5-18(12-17)14-27)26(37)33-10-8-32(9-11-33)25(36)23(35)19-15-28-22-21(19)20(38-2)16-29-24(22)34-7-6-30-31-34/h6-7,15-18,28H,3-5,8-14H2,1-2H3/t17-,18+,27+. The van der Waals surface area contributed by atoms with E-state index in [1.165, 1.54) is 56.1 Å². The summed E-state index contributed by atoms with van der Waals surface area (Å²) in [4.78, 5) is 51.2. The normalized spacial score (nSPS) is 25.4. The Labute approximate surface area is 220 Å². The van der Waals surface area contributed by atoms with E-state index < -0.39 is 11.7 Å². The Morgan fingerprint density at radius 1 is 1.08 bits per heavy atom. The van der Waals surface area contributed by atoms with Crippen LogP contribution < -0.4 is 4.74 Å². The molecular formula is C27H33N7O4. The minimum Gasteiger partial charge on any atom is -0.494 e. The number of aromatic nitrogens is 5. The van der Waals surface area contributed by atoms with Gasteiger partial charge in [-0.2, -0.15) is 0 Å². The van der Waals surface area contributed by atoms with E-state index in [0.717, 1.165) is 12.8 Å². The number of Topliss-reactive ketones (excluding diaryl/α,β-unsaturated/α-hetero) is 1. The molecule has 2 amide bonds. The smallest absolute Gasteiger partial charge is 0.295 e. The molecule has 6 rings (SSSR count). The zero-order valence-corrected chi connectivity index (χ0v) is 21.9. The highest BCUT2D eigenvalue weighted by atomic mass is 16.5. The zero-order chi connectivity index (χ0) is 26.4. The molecule has 1 saturated heterocycles. The average molecular weight is 520 g/mol. The van der Waals surface area contributed by atoms with E-state index in [0.29, 0.717) is 60.5 Å². The summed E-state index contributed by atoms with van der Waals surface area (Å²) >= 11 is 0. The van der Waals surface area contributed by atoms with Crippen LogP contribution in [0.5, 0.6) is 5.75 Å². The second kappa shape index (κ2) is 9.52. The molecule has 1 N–H and O–H groups in total. The van der Waals surface area contributed by atoms with E-state index in [1.54, 1.807) is 11.1 Å². The summed E-state index contributed by atoms with van der Waals surface area (Å²) in [6.45, 7) is 3.70. The van der Waals surface area contributed by atoms with Crippen molar-refractivity contribution in [2.75, 3.05) is 33.3 Å². The molecular weight excluding hydrogens is 486 g/mol. The molecule has 0 unspecified atom stereocenters. The number of nitrogens with one attached hydrogen (secondary N) is 1. The Kier molecular flexibility index (Phi) is 6.16. The van der Waals surface area contributed by atoms with Gasteiger partial charge in [0.15, 0.2) is 5.82 Å². The molecule has 0 radical (unpaired) electrons. The second-order valence-electron chi connectivity index (χ2n) is 11.2. The van der Waals surface area contributed by atoms with E-state index in [4.69, 9.17) is 4.74 Å². The van der Waals surface area contributed by atoms with Crippen LogP contribution in [0.4, 0.5) is 0 Å². The Bertz CT molecular complexity index is 1360. The number of H-pyrrole nitrogens is 1. The third kappa shape index (κ3) is 4.13. The number of methoxy groups -OCH3 is 1. The number of aromatic amines is 1. The lowest BCUT2D eigenvalue weighted by Crippen LogP contribution is -2.56. The molecule has 0 aromatic carbocycles. The SMILES string of the molecule is COc1cnc(-n2ccnn2)c2[nH]cc(C(=O)C(=O)N3CCN(C(=O)[C@@]4(C)C[C@@H]5CCC[C@@H](C5)C4)CC3)c12. The number of piperazine rings is 1. The highest BCUT2D eigenvalue weighted by Crippen LogP contribution is 2.49. The van der Waals surface area contributed by atoms with Gasteiger partial charge in [0, 0.05) is 37.8 Å². The van der Waals surface area contributed by atoms with Gasteiger partial charge in [0.25, 0.3) is 11.7 Å². The summed E-state index contributed by atoms with van der Waals surface area (Å²) in [6.07, 6.45) is 13.1. The third-order valence-electron chi connectivity index (χ3n) is 8.69. The van der Waals surface area contributed by atoms with Gasteiger partial charge in [-0.3, -0.25) is 14.4 Å². The minimum absolute atomic E-state index is 0.210. The lowest BCUT2D eigenvalue weighted by Gasteiger charge is -2.47. The van der Waals surface area contributed by atoms with Crippen molar-refractivity contribution in [1.29, 1.82) is 0 Å². The van der Waals surface area contributed by atoms with Crippen molar-refractivity contribution >= 4 is 28.5 Å². The number of pyridine rings is 1. The van der Waals surface area contributed by atoms with E-state index >= 15 is 0 Å². The van der Waals surface area contributed by atoms with Crippen LogP contribution in [0.2, 0.25) is 0 Å². The molecule has 3 fully saturated rings. The maximum atomic E-state index is 13.6. The van der Waals surface area contributed by atoms with E-state index in [9.17, 15) is 14.4 Å². The van der Waals surface area contributed by atoms with E-state index in [-0.39, 0.29) is 16.9 Å². The topological polar surface area (TPSA) is 126 Å². The number of carbonyl (C=O) groups excluding carboxylic acids is 3. The monoisotopic (exact) mass is 519 g/mol. The molecule has 3 atom stereocenters. The van der Waals surface area contributed by atoms with Crippen LogP contribution >= 0.6 is 0 Å². The van der Waals surface area contributed by atoms with Crippen LogP contribution in [-0.2, 0) is 9.59 Å². The highest BCUT2D eigenvalue weighted by molar-refractivity contribution is 6.45. The van der Waals surface area contributed by atoms with Crippen LogP contribution in [0.15, 0.2) is 24.8 Å². The maximum absolute atomic E-state index is 13.6. The number of hydrogen-bond donors (Lipinski definition) is 1. The molecule has 4 heterocycles. The number of carbonyl (C=O) groups is 3. The van der Waals surface area contributed by atoms with Crippen LogP contribution in [0.1, 0.15) is 55.8 Å².